The van der Waals surface area contributed by atoms with Crippen LogP contribution in [0.5, 0.6) is 0 Å². The van der Waals surface area contributed by atoms with Gasteiger partial charge >= 0.3 is 5.97 Å². The Morgan fingerprint density at radius 3 is 2.59 bits per heavy atom. The maximum Gasteiger partial charge on any atom is 0.305 e. The van der Waals surface area contributed by atoms with Crippen LogP contribution in [-0.4, -0.2) is 42.8 Å². The molecule has 0 aromatic heterocycles. The zero-order chi connectivity index (χ0) is 15.2. The number of amides is 1. The van der Waals surface area contributed by atoms with Gasteiger partial charge in [0.2, 0.25) is 5.91 Å². The number of esters is 1. The average Bonchev–Trinajstić information content (AvgIpc) is 2.93. The topological polar surface area (TPSA) is 87.7 Å². The van der Waals surface area contributed by atoms with Crippen LogP contribution < -0.4 is 10.6 Å². The molecular weight excluding hydrogens is 308 g/mol. The molecule has 2 atom stereocenters. The molecule has 0 radical (unpaired) electrons. The van der Waals surface area contributed by atoms with Crippen molar-refractivity contribution in [3.63, 3.8) is 0 Å². The molecule has 7 heteroatoms. The van der Waals surface area contributed by atoms with Crippen molar-refractivity contribution < 1.29 is 19.4 Å². The standard InChI is InChI=1S/C15H20N2O4.ClH/c1-21-14(19)7-4-10-2-5-11(6-3-10)17-15(20)13-8-12(18)9-16-13;/h2-3,5-6,12-13,16,18H,4,7-9H2,1H3,(H,17,20);1H. The second-order valence-corrected chi connectivity index (χ2v) is 5.11. The number of benzene rings is 1. The molecule has 1 saturated heterocycles. The predicted octanol–water partition coefficient (Wildman–Crippen LogP) is 0.875. The lowest BCUT2D eigenvalue weighted by atomic mass is 10.1. The van der Waals surface area contributed by atoms with Gasteiger partial charge in [-0.2, -0.15) is 0 Å². The monoisotopic (exact) mass is 328 g/mol. The average molecular weight is 329 g/mol. The molecule has 1 aliphatic heterocycles. The summed E-state index contributed by atoms with van der Waals surface area (Å²) in [6.45, 7) is 0.449. The smallest absolute Gasteiger partial charge is 0.305 e. The van der Waals surface area contributed by atoms with E-state index in [0.717, 1.165) is 5.56 Å². The molecule has 122 valence electrons. The molecule has 2 unspecified atom stereocenters. The highest BCUT2D eigenvalue weighted by Gasteiger charge is 2.27. The molecule has 0 bridgehead atoms. The Balaban J connectivity index is 0.00000242. The van der Waals surface area contributed by atoms with Gasteiger partial charge < -0.3 is 20.5 Å². The quantitative estimate of drug-likeness (QED) is 0.698. The molecule has 1 fully saturated rings. The molecule has 1 heterocycles. The lowest BCUT2D eigenvalue weighted by Gasteiger charge is -2.11. The number of aryl methyl sites for hydroxylation is 1. The Kier molecular flexibility index (Phi) is 7.31. The third-order valence-corrected chi connectivity index (χ3v) is 3.49. The third kappa shape index (κ3) is 5.29. The second kappa shape index (κ2) is 8.73. The van der Waals surface area contributed by atoms with Crippen molar-refractivity contribution in [1.29, 1.82) is 0 Å². The van der Waals surface area contributed by atoms with E-state index < -0.39 is 6.10 Å². The maximum absolute atomic E-state index is 12.0. The fourth-order valence-corrected chi connectivity index (χ4v) is 2.25. The van der Waals surface area contributed by atoms with Crippen LogP contribution in [0.1, 0.15) is 18.4 Å². The normalized spacial score (nSPS) is 20.1. The summed E-state index contributed by atoms with van der Waals surface area (Å²) in [6, 6.07) is 7.00. The van der Waals surface area contributed by atoms with Crippen LogP contribution in [0.4, 0.5) is 5.69 Å². The summed E-state index contributed by atoms with van der Waals surface area (Å²) >= 11 is 0. The van der Waals surface area contributed by atoms with Crippen LogP contribution in [-0.2, 0) is 20.7 Å². The molecule has 0 saturated carbocycles. The summed E-state index contributed by atoms with van der Waals surface area (Å²) in [5.74, 6) is -0.382. The number of carbonyl (C=O) groups excluding carboxylic acids is 2. The van der Waals surface area contributed by atoms with E-state index >= 15 is 0 Å². The Morgan fingerprint density at radius 1 is 1.36 bits per heavy atom. The summed E-state index contributed by atoms with van der Waals surface area (Å²) < 4.78 is 4.59. The van der Waals surface area contributed by atoms with Crippen LogP contribution in [0.15, 0.2) is 24.3 Å². The number of ether oxygens (including phenoxy) is 1. The number of rotatable bonds is 5. The van der Waals surface area contributed by atoms with Crippen LogP contribution >= 0.6 is 12.4 Å². The van der Waals surface area contributed by atoms with Crippen molar-refractivity contribution in [2.45, 2.75) is 31.4 Å². The summed E-state index contributed by atoms with van der Waals surface area (Å²) in [5.41, 5.74) is 1.71. The van der Waals surface area contributed by atoms with E-state index in [9.17, 15) is 14.7 Å². The first-order chi connectivity index (χ1) is 10.1. The maximum atomic E-state index is 12.0. The highest BCUT2D eigenvalue weighted by atomic mass is 35.5. The number of halogens is 1. The highest BCUT2D eigenvalue weighted by Crippen LogP contribution is 2.14. The van der Waals surface area contributed by atoms with Gasteiger partial charge in [0.15, 0.2) is 0 Å². The van der Waals surface area contributed by atoms with Gasteiger partial charge in [0.05, 0.1) is 19.3 Å². The zero-order valence-electron chi connectivity index (χ0n) is 12.4. The van der Waals surface area contributed by atoms with E-state index in [2.05, 4.69) is 15.4 Å². The van der Waals surface area contributed by atoms with Crippen LogP contribution in [0, 0.1) is 0 Å². The van der Waals surface area contributed by atoms with E-state index in [1.165, 1.54) is 7.11 Å². The number of hydrogen-bond acceptors (Lipinski definition) is 5. The van der Waals surface area contributed by atoms with Crippen molar-refractivity contribution in [1.82, 2.24) is 5.32 Å². The van der Waals surface area contributed by atoms with Gasteiger partial charge in [-0.15, -0.1) is 12.4 Å². The molecule has 6 nitrogen and oxygen atoms in total. The molecule has 1 aromatic rings. The third-order valence-electron chi connectivity index (χ3n) is 3.49. The Hall–Kier alpha value is -1.63. The van der Waals surface area contributed by atoms with Crippen LogP contribution in [0.3, 0.4) is 0 Å². The van der Waals surface area contributed by atoms with E-state index in [1.54, 1.807) is 12.1 Å². The molecule has 1 aromatic carbocycles. The first-order valence-corrected chi connectivity index (χ1v) is 6.96. The van der Waals surface area contributed by atoms with Crippen LogP contribution in [0.25, 0.3) is 0 Å². The fraction of sp³-hybridized carbons (Fsp3) is 0.467. The number of nitrogens with one attached hydrogen (secondary N) is 2. The molecule has 0 spiro atoms. The lowest BCUT2D eigenvalue weighted by Crippen LogP contribution is -2.35. The Labute approximate surface area is 135 Å². The molecule has 22 heavy (non-hydrogen) atoms. The van der Waals surface area contributed by atoms with Gasteiger partial charge in [-0.25, -0.2) is 0 Å². The van der Waals surface area contributed by atoms with Gasteiger partial charge in [0.1, 0.15) is 0 Å². The first-order valence-electron chi connectivity index (χ1n) is 6.96. The number of anilines is 1. The highest BCUT2D eigenvalue weighted by molar-refractivity contribution is 5.95. The summed E-state index contributed by atoms with van der Waals surface area (Å²) in [6.07, 6.45) is 0.924. The molecule has 1 amide bonds. The van der Waals surface area contributed by atoms with E-state index in [-0.39, 0.29) is 30.3 Å². The SMILES string of the molecule is COC(=O)CCc1ccc(NC(=O)C2CC(O)CN2)cc1.Cl. The number of β-amino-alcohol motifs (C(OH)–C–C–N with tert-alkyl or cyclic N) is 1. The number of hydrogen-bond donors (Lipinski definition) is 3. The molecule has 2 rings (SSSR count). The predicted molar refractivity (Wildman–Crippen MR) is 85.1 cm³/mol. The van der Waals surface area contributed by atoms with E-state index in [0.29, 0.717) is 31.5 Å². The Bertz CT molecular complexity index is 507. The summed E-state index contributed by atoms with van der Waals surface area (Å²) in [7, 11) is 1.37. The molecular formula is C15H21ClN2O4. The summed E-state index contributed by atoms with van der Waals surface area (Å²) in [4.78, 5) is 23.0. The van der Waals surface area contributed by atoms with Gasteiger partial charge in [-0.1, -0.05) is 12.1 Å². The Morgan fingerprint density at radius 2 is 2.05 bits per heavy atom. The zero-order valence-corrected chi connectivity index (χ0v) is 13.2. The van der Waals surface area contributed by atoms with Gasteiger partial charge in [0.25, 0.3) is 0 Å². The van der Waals surface area contributed by atoms with Crippen molar-refractivity contribution in [2.24, 2.45) is 0 Å². The van der Waals surface area contributed by atoms with E-state index in [1.807, 2.05) is 12.1 Å². The number of methoxy groups -OCH3 is 1. The summed E-state index contributed by atoms with van der Waals surface area (Å²) in [5, 5.41) is 15.2. The largest absolute Gasteiger partial charge is 0.469 e. The number of aliphatic hydroxyl groups excluding tert-OH is 1. The minimum atomic E-state index is -0.457. The minimum Gasteiger partial charge on any atom is -0.469 e. The van der Waals surface area contributed by atoms with Gasteiger partial charge in [-0.05, 0) is 30.5 Å². The van der Waals surface area contributed by atoms with E-state index in [4.69, 9.17) is 0 Å². The fourth-order valence-electron chi connectivity index (χ4n) is 2.25. The second-order valence-electron chi connectivity index (χ2n) is 5.11. The lowest BCUT2D eigenvalue weighted by molar-refractivity contribution is -0.140. The minimum absolute atomic E-state index is 0. The molecule has 0 aliphatic carbocycles. The van der Waals surface area contributed by atoms with Crippen molar-refractivity contribution in [2.75, 3.05) is 19.0 Å². The first kappa shape index (κ1) is 18.4. The number of carbonyl (C=O) groups is 2. The number of aliphatic hydroxyl groups is 1. The van der Waals surface area contributed by atoms with Crippen molar-refractivity contribution >= 4 is 30.0 Å². The van der Waals surface area contributed by atoms with Crippen molar-refractivity contribution in [3.8, 4) is 0 Å². The van der Waals surface area contributed by atoms with Gasteiger partial charge in [0, 0.05) is 18.7 Å². The van der Waals surface area contributed by atoms with Gasteiger partial charge in [-0.3, -0.25) is 9.59 Å². The van der Waals surface area contributed by atoms with Crippen molar-refractivity contribution in [3.05, 3.63) is 29.8 Å². The molecule has 1 aliphatic rings. The molecule has 3 N–H and O–H groups in total. The van der Waals surface area contributed by atoms with Crippen LogP contribution in [0.2, 0.25) is 0 Å².